The summed E-state index contributed by atoms with van der Waals surface area (Å²) in [4.78, 5) is 49.0. The minimum Gasteiger partial charge on any atom is -0.356 e. The van der Waals surface area contributed by atoms with Gasteiger partial charge in [0.15, 0.2) is 0 Å². The first-order valence-corrected chi connectivity index (χ1v) is 12.9. The first kappa shape index (κ1) is 23.4. The largest absolute Gasteiger partial charge is 0.356 e. The number of carbonyl (C=O) groups excluding carboxylic acids is 1. The molecule has 1 N–H and O–H groups in total. The lowest BCUT2D eigenvalue weighted by atomic mass is 9.94. The molecular weight excluding hydrogens is 460 g/mol. The van der Waals surface area contributed by atoms with E-state index in [1.807, 2.05) is 36.9 Å². The molecule has 0 saturated carbocycles. The van der Waals surface area contributed by atoms with Gasteiger partial charge in [-0.25, -0.2) is 15.0 Å². The predicted octanol–water partition coefficient (Wildman–Crippen LogP) is 4.20. The van der Waals surface area contributed by atoms with E-state index in [2.05, 4.69) is 38.7 Å². The van der Waals surface area contributed by atoms with E-state index < -0.39 is 0 Å². The molecule has 5 rings (SSSR count). The van der Waals surface area contributed by atoms with Gasteiger partial charge in [0.05, 0.1) is 22.8 Å². The molecule has 0 spiro atoms. The van der Waals surface area contributed by atoms with Gasteiger partial charge in [-0.05, 0) is 58.2 Å². The molecule has 9 heteroatoms. The number of aryl methyl sites for hydroxylation is 2. The van der Waals surface area contributed by atoms with Crippen LogP contribution in [0.25, 0.3) is 21.1 Å². The molecule has 182 valence electrons. The number of thiophene rings is 1. The number of benzene rings is 1. The Morgan fingerprint density at radius 1 is 1.20 bits per heavy atom. The van der Waals surface area contributed by atoms with Crippen LogP contribution in [0.3, 0.4) is 0 Å². The molecule has 8 nitrogen and oxygen atoms in total. The van der Waals surface area contributed by atoms with Crippen molar-refractivity contribution in [2.24, 2.45) is 5.92 Å². The highest BCUT2D eigenvalue weighted by molar-refractivity contribution is 7.18. The van der Waals surface area contributed by atoms with Crippen LogP contribution in [0.4, 0.5) is 5.82 Å². The number of nitrogens with one attached hydrogen (secondary N) is 1. The van der Waals surface area contributed by atoms with Gasteiger partial charge in [-0.2, -0.15) is 0 Å². The average Bonchev–Trinajstić information content (AvgIpc) is 3.15. The molecule has 0 radical (unpaired) electrons. The second kappa shape index (κ2) is 9.37. The number of fused-ring (bicyclic) bond motifs is 2. The number of hydrogen-bond donors (Lipinski definition) is 1. The standard InChI is InChI=1S/C26H30N6O2S/c1-15(2)32(13-21-29-20-8-6-5-7-19(20)24(33)30-21)26(34)18-9-11-31(12-10-18)23-22-16(3)17(4)35-25(22)28-14-27-23/h5-8,14-15,18H,9-13H2,1-4H3,(H,29,30,33). The summed E-state index contributed by atoms with van der Waals surface area (Å²) in [5, 5.41) is 1.69. The van der Waals surface area contributed by atoms with E-state index in [1.165, 1.54) is 10.4 Å². The van der Waals surface area contributed by atoms with Crippen LogP contribution in [0.15, 0.2) is 35.4 Å². The molecule has 0 atom stereocenters. The van der Waals surface area contributed by atoms with E-state index in [9.17, 15) is 9.59 Å². The van der Waals surface area contributed by atoms with Crippen molar-refractivity contribution in [3.8, 4) is 0 Å². The van der Waals surface area contributed by atoms with Gasteiger partial charge in [-0.1, -0.05) is 12.1 Å². The summed E-state index contributed by atoms with van der Waals surface area (Å²) >= 11 is 1.70. The number of aromatic nitrogens is 4. The summed E-state index contributed by atoms with van der Waals surface area (Å²) in [7, 11) is 0. The summed E-state index contributed by atoms with van der Waals surface area (Å²) in [6, 6.07) is 7.26. The lowest BCUT2D eigenvalue weighted by Crippen LogP contribution is -2.45. The molecule has 1 saturated heterocycles. The van der Waals surface area contributed by atoms with Crippen molar-refractivity contribution < 1.29 is 4.79 Å². The van der Waals surface area contributed by atoms with Gasteiger partial charge in [-0.15, -0.1) is 11.3 Å². The number of anilines is 1. The van der Waals surface area contributed by atoms with Crippen molar-refractivity contribution in [2.45, 2.75) is 53.1 Å². The Morgan fingerprint density at radius 2 is 1.94 bits per heavy atom. The van der Waals surface area contributed by atoms with Gasteiger partial charge in [0.2, 0.25) is 5.91 Å². The Balaban J connectivity index is 1.32. The number of carbonyl (C=O) groups is 1. The molecule has 1 fully saturated rings. The zero-order chi connectivity index (χ0) is 24.7. The molecule has 1 amide bonds. The Morgan fingerprint density at radius 3 is 2.69 bits per heavy atom. The van der Waals surface area contributed by atoms with Gasteiger partial charge in [0, 0.05) is 29.9 Å². The van der Waals surface area contributed by atoms with Gasteiger partial charge >= 0.3 is 0 Å². The quantitative estimate of drug-likeness (QED) is 0.451. The SMILES string of the molecule is Cc1sc2ncnc(N3CCC(C(=O)N(Cc4nc5ccccc5c(=O)[nH]4)C(C)C)CC3)c2c1C. The zero-order valence-corrected chi connectivity index (χ0v) is 21.4. The second-order valence-electron chi connectivity index (χ2n) is 9.51. The fraction of sp³-hybridized carbons (Fsp3) is 0.423. The summed E-state index contributed by atoms with van der Waals surface area (Å²) in [5.41, 5.74) is 1.71. The van der Waals surface area contributed by atoms with Gasteiger partial charge < -0.3 is 14.8 Å². The van der Waals surface area contributed by atoms with Crippen molar-refractivity contribution in [3.05, 3.63) is 57.2 Å². The molecule has 0 bridgehead atoms. The number of amides is 1. The van der Waals surface area contributed by atoms with E-state index in [4.69, 9.17) is 0 Å². The number of nitrogens with zero attached hydrogens (tertiary/aromatic N) is 5. The normalized spacial score (nSPS) is 14.8. The van der Waals surface area contributed by atoms with Gasteiger partial charge in [0.1, 0.15) is 22.8 Å². The highest BCUT2D eigenvalue weighted by Gasteiger charge is 2.31. The van der Waals surface area contributed by atoms with Crippen LogP contribution < -0.4 is 10.5 Å². The van der Waals surface area contributed by atoms with Crippen molar-refractivity contribution in [3.63, 3.8) is 0 Å². The third-order valence-corrected chi connectivity index (χ3v) is 8.09. The maximum absolute atomic E-state index is 13.6. The summed E-state index contributed by atoms with van der Waals surface area (Å²) in [6.07, 6.45) is 3.16. The maximum atomic E-state index is 13.6. The molecule has 0 unspecified atom stereocenters. The van der Waals surface area contributed by atoms with E-state index in [0.717, 1.165) is 42.0 Å². The van der Waals surface area contributed by atoms with Gasteiger partial charge in [-0.3, -0.25) is 9.59 Å². The van der Waals surface area contributed by atoms with Crippen molar-refractivity contribution >= 4 is 44.2 Å². The van der Waals surface area contributed by atoms with E-state index in [0.29, 0.717) is 16.7 Å². The Hall–Kier alpha value is -3.33. The second-order valence-corrected chi connectivity index (χ2v) is 10.7. The molecule has 1 aliphatic heterocycles. The van der Waals surface area contributed by atoms with E-state index >= 15 is 0 Å². The highest BCUT2D eigenvalue weighted by atomic mass is 32.1. The molecule has 3 aromatic heterocycles. The molecule has 4 heterocycles. The van der Waals surface area contributed by atoms with Crippen LogP contribution in [0.5, 0.6) is 0 Å². The lowest BCUT2D eigenvalue weighted by molar-refractivity contribution is -0.138. The first-order valence-electron chi connectivity index (χ1n) is 12.1. The third kappa shape index (κ3) is 4.40. The van der Waals surface area contributed by atoms with Crippen LogP contribution in [0, 0.1) is 19.8 Å². The highest BCUT2D eigenvalue weighted by Crippen LogP contribution is 2.36. The Labute approximate surface area is 208 Å². The third-order valence-electron chi connectivity index (χ3n) is 6.98. The lowest BCUT2D eigenvalue weighted by Gasteiger charge is -2.36. The van der Waals surface area contributed by atoms with Crippen LogP contribution in [0.1, 0.15) is 43.0 Å². The van der Waals surface area contributed by atoms with Crippen LogP contribution >= 0.6 is 11.3 Å². The number of rotatable bonds is 5. The number of hydrogen-bond acceptors (Lipinski definition) is 7. The number of H-pyrrole nitrogens is 1. The fourth-order valence-corrected chi connectivity index (χ4v) is 5.85. The minimum atomic E-state index is -0.176. The average molecular weight is 491 g/mol. The summed E-state index contributed by atoms with van der Waals surface area (Å²) in [6.45, 7) is 10.1. The molecule has 0 aliphatic carbocycles. The maximum Gasteiger partial charge on any atom is 0.258 e. The summed E-state index contributed by atoms with van der Waals surface area (Å²) in [5.74, 6) is 1.54. The molecular formula is C26H30N6O2S. The molecule has 35 heavy (non-hydrogen) atoms. The first-order chi connectivity index (χ1) is 16.8. The smallest absolute Gasteiger partial charge is 0.258 e. The van der Waals surface area contributed by atoms with E-state index in [-0.39, 0.29) is 30.0 Å². The molecule has 1 aromatic carbocycles. The Bertz CT molecular complexity index is 1450. The Kier molecular flexibility index (Phi) is 6.27. The van der Waals surface area contributed by atoms with Gasteiger partial charge in [0.25, 0.3) is 5.56 Å². The number of piperidine rings is 1. The fourth-order valence-electron chi connectivity index (χ4n) is 4.86. The van der Waals surface area contributed by atoms with Crippen molar-refractivity contribution in [2.75, 3.05) is 18.0 Å². The van der Waals surface area contributed by atoms with E-state index in [1.54, 1.807) is 23.7 Å². The number of aromatic amines is 1. The van der Waals surface area contributed by atoms with Crippen LogP contribution in [-0.4, -0.2) is 49.9 Å². The zero-order valence-electron chi connectivity index (χ0n) is 20.5. The van der Waals surface area contributed by atoms with Crippen LogP contribution in [0.2, 0.25) is 0 Å². The minimum absolute atomic E-state index is 0.00442. The van der Waals surface area contributed by atoms with Crippen molar-refractivity contribution in [1.82, 2.24) is 24.8 Å². The topological polar surface area (TPSA) is 95.1 Å². The number of para-hydroxylation sites is 1. The van der Waals surface area contributed by atoms with Crippen LogP contribution in [-0.2, 0) is 11.3 Å². The van der Waals surface area contributed by atoms with Crippen molar-refractivity contribution in [1.29, 1.82) is 0 Å². The summed E-state index contributed by atoms with van der Waals surface area (Å²) < 4.78 is 0. The predicted molar refractivity (Wildman–Crippen MR) is 140 cm³/mol. The monoisotopic (exact) mass is 490 g/mol. The molecule has 4 aromatic rings. The molecule has 1 aliphatic rings.